The van der Waals surface area contributed by atoms with Crippen LogP contribution in [0.1, 0.15) is 0 Å². The molecular weight excluding hydrogens is 419 g/mol. The van der Waals surface area contributed by atoms with E-state index in [1.165, 1.54) is 0 Å². The number of aliphatic carboxylic acids is 1. The molecule has 13 heavy (non-hydrogen) atoms. The molecule has 1 saturated heterocycles. The van der Waals surface area contributed by atoms with Crippen molar-refractivity contribution in [2.45, 2.75) is 12.2 Å². The number of carbonyl (C=O) groups excluding carboxylic acids is 1. The molecule has 1 radical (unpaired) electrons. The first-order valence-corrected chi connectivity index (χ1v) is 4.69. The molecule has 1 aliphatic heterocycles. The second-order valence-corrected chi connectivity index (χ2v) is 3.34. The first-order valence-electron chi connectivity index (χ1n) is 2.61. The summed E-state index contributed by atoms with van der Waals surface area (Å²) in [5, 5.41) is 17.0. The molecule has 7 nitrogen and oxygen atoms in total. The molecule has 0 aromatic carbocycles. The van der Waals surface area contributed by atoms with Crippen molar-refractivity contribution in [3.05, 3.63) is 0 Å². The van der Waals surface area contributed by atoms with Crippen LogP contribution in [-0.2, 0) is 15.6 Å². The Kier molecular flexibility index (Phi) is 9.59. The number of hydrogen-bond donors (Lipinski definition) is 2. The fourth-order valence-corrected chi connectivity index (χ4v) is 1.98. The first-order chi connectivity index (χ1) is 5.13. The van der Waals surface area contributed by atoms with Crippen molar-refractivity contribution in [1.82, 2.24) is 0 Å². The Bertz CT molecular complexity index is 197. The van der Waals surface area contributed by atoms with E-state index in [4.69, 9.17) is 10.2 Å². The molecule has 1 fully saturated rings. The predicted octanol–water partition coefficient (Wildman–Crippen LogP) is -3.30. The third kappa shape index (κ3) is 4.50. The molecule has 0 spiro atoms. The topological polar surface area (TPSA) is 125 Å². The van der Waals surface area contributed by atoms with Crippen molar-refractivity contribution in [3.8, 4) is 0 Å². The van der Waals surface area contributed by atoms with Crippen LogP contribution in [0.2, 0.25) is 0 Å². The predicted molar refractivity (Wildman–Crippen MR) is 39.7 cm³/mol. The number of hydrogen-bond acceptors (Lipinski definition) is 5. The normalized spacial score (nSPS) is 22.2. The summed E-state index contributed by atoms with van der Waals surface area (Å²) in [7, 11) is 0. The van der Waals surface area contributed by atoms with Crippen molar-refractivity contribution in [2.75, 3.05) is 0 Å². The van der Waals surface area contributed by atoms with Gasteiger partial charge in [-0.1, -0.05) is 0 Å². The van der Waals surface area contributed by atoms with Gasteiger partial charge in [-0.25, -0.2) is 0 Å². The number of carboxylic acid groups (broad SMARTS) is 1. The van der Waals surface area contributed by atoms with Gasteiger partial charge in [-0.15, -0.1) is 0 Å². The monoisotopic (exact) mass is 425 g/mol. The number of aliphatic hydroxyl groups is 1. The second-order valence-electron chi connectivity index (χ2n) is 1.79. The molecule has 0 saturated carbocycles. The maximum absolute atomic E-state index is 10.6. The van der Waals surface area contributed by atoms with E-state index in [-0.39, 0.29) is 54.4 Å². The van der Waals surface area contributed by atoms with Crippen LogP contribution in [0.4, 0.5) is 0 Å². The Morgan fingerprint density at radius 2 is 2.15 bits per heavy atom. The van der Waals surface area contributed by atoms with E-state index < -0.39 is 46.6 Å². The summed E-state index contributed by atoms with van der Waals surface area (Å²) in [5.74, 6) is -2.26. The average molecular weight is 425 g/mol. The third-order valence-electron chi connectivity index (χ3n) is 1.06. The molecule has 2 atom stereocenters. The smallest absolute Gasteiger partial charge is 2.00 e. The second kappa shape index (κ2) is 7.49. The molecule has 1 aliphatic rings. The molecule has 0 aromatic rings. The van der Waals surface area contributed by atoms with Gasteiger partial charge in [0.05, 0.1) is 0 Å². The zero-order valence-electron chi connectivity index (χ0n) is 6.34. The third-order valence-corrected chi connectivity index (χ3v) is 2.68. The van der Waals surface area contributed by atoms with Gasteiger partial charge in [0.25, 0.3) is 0 Å². The van der Waals surface area contributed by atoms with Gasteiger partial charge in [-0.3, -0.25) is 0 Å². The summed E-state index contributed by atoms with van der Waals surface area (Å²) in [4.78, 5) is 20.7. The Balaban J connectivity index is 0. The van der Waals surface area contributed by atoms with E-state index >= 15 is 0 Å². The maximum atomic E-state index is 10.6. The molecule has 1 rings (SSSR count). The zero-order valence-corrected chi connectivity index (χ0v) is 13.3. The zero-order chi connectivity index (χ0) is 8.43. The molecule has 0 bridgehead atoms. The van der Waals surface area contributed by atoms with E-state index in [9.17, 15) is 9.59 Å². The van der Waals surface area contributed by atoms with Gasteiger partial charge in [0.1, 0.15) is 0 Å². The van der Waals surface area contributed by atoms with Gasteiger partial charge in [-0.2, -0.15) is 0 Å². The molecular formula is C4H6BaO7Sb+2. The van der Waals surface area contributed by atoms with Gasteiger partial charge in [-0.05, 0) is 0 Å². The Morgan fingerprint density at radius 3 is 2.46 bits per heavy atom. The summed E-state index contributed by atoms with van der Waals surface area (Å²) in [6.07, 6.45) is -3.12. The van der Waals surface area contributed by atoms with E-state index in [1.807, 2.05) is 0 Å². The number of carboxylic acids is 1. The van der Waals surface area contributed by atoms with Crippen molar-refractivity contribution in [2.24, 2.45) is 0 Å². The van der Waals surface area contributed by atoms with E-state index in [0.29, 0.717) is 0 Å². The largest absolute Gasteiger partial charge is 2.00 e. The molecule has 2 unspecified atom stereocenters. The van der Waals surface area contributed by atoms with Crippen LogP contribution in [-0.4, -0.2) is 111 Å². The molecule has 9 heteroatoms. The molecule has 0 aliphatic carbocycles. The van der Waals surface area contributed by atoms with E-state index in [0.717, 1.165) is 0 Å². The summed E-state index contributed by atoms with van der Waals surface area (Å²) in [6, 6.07) is 0. The van der Waals surface area contributed by atoms with Gasteiger partial charge in [0, 0.05) is 0 Å². The molecule has 69 valence electrons. The first kappa shape index (κ1) is 16.6. The fraction of sp³-hybridized carbons (Fsp3) is 0.500. The van der Waals surface area contributed by atoms with Crippen LogP contribution in [0.3, 0.4) is 0 Å². The number of rotatable bonds is 2. The van der Waals surface area contributed by atoms with Crippen LogP contribution in [0.25, 0.3) is 0 Å². The molecule has 0 amide bonds. The maximum Gasteiger partial charge on any atom is 2.00 e. The van der Waals surface area contributed by atoms with Gasteiger partial charge < -0.3 is 5.48 Å². The van der Waals surface area contributed by atoms with Crippen LogP contribution in [0.5, 0.6) is 0 Å². The number of carbonyl (C=O) groups is 2. The van der Waals surface area contributed by atoms with Crippen LogP contribution in [0.15, 0.2) is 0 Å². The van der Waals surface area contributed by atoms with Crippen molar-refractivity contribution in [3.63, 3.8) is 0 Å². The van der Waals surface area contributed by atoms with Crippen LogP contribution < -0.4 is 0 Å². The van der Waals surface area contributed by atoms with Gasteiger partial charge in [0.15, 0.2) is 0 Å². The molecule has 4 N–H and O–H groups in total. The quantitative estimate of drug-likeness (QED) is 0.447. The van der Waals surface area contributed by atoms with Gasteiger partial charge >= 0.3 is 121 Å². The molecule has 1 heterocycles. The standard InChI is InChI=1S/C4H5O6.Ba.H2O.Sb/c5-1(3(7)8)2(6)4(9)10;;;/h1-2,5H,(H,7,8)(H,9,10);;1H2;/q-1;+2;;+2/p-1. The Hall–Kier alpha value is 1.21. The summed E-state index contributed by atoms with van der Waals surface area (Å²) in [5.41, 5.74) is 0. The van der Waals surface area contributed by atoms with E-state index in [1.54, 1.807) is 0 Å². The van der Waals surface area contributed by atoms with Crippen molar-refractivity contribution in [1.29, 1.82) is 0 Å². The molecule has 0 aromatic heterocycles. The Labute approximate surface area is 125 Å². The average Bonchev–Trinajstić information content (AvgIpc) is 2.33. The minimum Gasteiger partial charge on any atom is 2.00 e. The van der Waals surface area contributed by atoms with E-state index in [2.05, 4.69) is 6.03 Å². The minimum absolute atomic E-state index is 0. The summed E-state index contributed by atoms with van der Waals surface area (Å²) >= 11 is -1.49. The van der Waals surface area contributed by atoms with Crippen LogP contribution in [0, 0.1) is 0 Å². The fourth-order valence-electron chi connectivity index (χ4n) is 0.516. The Morgan fingerprint density at radius 1 is 1.62 bits per heavy atom. The van der Waals surface area contributed by atoms with Crippen LogP contribution >= 0.6 is 0 Å². The summed E-state index contributed by atoms with van der Waals surface area (Å²) < 4.78 is 9.04. The number of aliphatic hydroxyl groups excluding tert-OH is 1. The van der Waals surface area contributed by atoms with Gasteiger partial charge in [0.2, 0.25) is 0 Å². The van der Waals surface area contributed by atoms with Crippen molar-refractivity contribution < 1.29 is 31.3 Å². The summed E-state index contributed by atoms with van der Waals surface area (Å²) in [6.45, 7) is 0. The SMILES string of the molecule is O.O=C(O)C(O)C1[O][Sb][O]C1=O.[Ba+2]. The van der Waals surface area contributed by atoms with Crippen molar-refractivity contribution >= 4 is 83.3 Å². The minimum atomic E-state index is -1.81.